The summed E-state index contributed by atoms with van der Waals surface area (Å²) in [4.78, 5) is 26.1. The largest absolute Gasteiger partial charge is 0.459 e. The first-order chi connectivity index (χ1) is 13.0. The van der Waals surface area contributed by atoms with Crippen LogP contribution in [0.15, 0.2) is 65.1 Å². The van der Waals surface area contributed by atoms with Crippen molar-refractivity contribution in [2.45, 2.75) is 32.4 Å². The van der Waals surface area contributed by atoms with Gasteiger partial charge >= 0.3 is 0 Å². The summed E-state index contributed by atoms with van der Waals surface area (Å²) in [6.45, 7) is 3.40. The zero-order chi connectivity index (χ0) is 19.4. The molecule has 1 heterocycles. The summed E-state index contributed by atoms with van der Waals surface area (Å²) in [6, 6.07) is 18.7. The van der Waals surface area contributed by atoms with Crippen molar-refractivity contribution in [2.75, 3.05) is 7.05 Å². The van der Waals surface area contributed by atoms with E-state index in [2.05, 4.69) is 5.32 Å². The predicted octanol–water partition coefficient (Wildman–Crippen LogP) is 4.22. The van der Waals surface area contributed by atoms with Gasteiger partial charge in [0, 0.05) is 19.4 Å². The van der Waals surface area contributed by atoms with Crippen LogP contribution >= 0.6 is 0 Å². The van der Waals surface area contributed by atoms with E-state index in [1.54, 1.807) is 11.9 Å². The first-order valence-corrected chi connectivity index (χ1v) is 9.02. The van der Waals surface area contributed by atoms with Crippen LogP contribution in [0.1, 0.15) is 43.7 Å². The second kappa shape index (κ2) is 8.08. The van der Waals surface area contributed by atoms with E-state index in [1.165, 1.54) is 6.92 Å². The molecule has 0 spiro atoms. The summed E-state index contributed by atoms with van der Waals surface area (Å²) < 4.78 is 5.89. The Morgan fingerprint density at radius 2 is 1.74 bits per heavy atom. The molecule has 0 saturated carbocycles. The van der Waals surface area contributed by atoms with Crippen molar-refractivity contribution < 1.29 is 14.0 Å². The summed E-state index contributed by atoms with van der Waals surface area (Å²) in [5, 5.41) is 3.89. The topological polar surface area (TPSA) is 62.6 Å². The van der Waals surface area contributed by atoms with Crippen molar-refractivity contribution in [1.29, 1.82) is 0 Å². The van der Waals surface area contributed by atoms with E-state index in [4.69, 9.17) is 4.42 Å². The lowest BCUT2D eigenvalue weighted by atomic mass is 10.0. The van der Waals surface area contributed by atoms with Gasteiger partial charge in [0.15, 0.2) is 0 Å². The van der Waals surface area contributed by atoms with E-state index >= 15 is 0 Å². The highest BCUT2D eigenvalue weighted by molar-refractivity contribution is 5.80. The van der Waals surface area contributed by atoms with Gasteiger partial charge in [0.05, 0.1) is 18.5 Å². The van der Waals surface area contributed by atoms with Gasteiger partial charge < -0.3 is 14.6 Å². The molecule has 0 radical (unpaired) electrons. The van der Waals surface area contributed by atoms with Gasteiger partial charge in [-0.1, -0.05) is 48.5 Å². The maximum Gasteiger partial charge on any atom is 0.225 e. The Morgan fingerprint density at radius 1 is 1.07 bits per heavy atom. The molecule has 0 fully saturated rings. The fraction of sp³-hybridized carbons (Fsp3) is 0.273. The first-order valence-electron chi connectivity index (χ1n) is 9.02. The fourth-order valence-electron chi connectivity index (χ4n) is 3.12. The highest BCUT2D eigenvalue weighted by atomic mass is 16.3. The quantitative estimate of drug-likeness (QED) is 0.712. The maximum absolute atomic E-state index is 12.9. The average molecular weight is 364 g/mol. The monoisotopic (exact) mass is 364 g/mol. The van der Waals surface area contributed by atoms with E-state index in [-0.39, 0.29) is 30.3 Å². The number of rotatable bonds is 6. The molecule has 27 heavy (non-hydrogen) atoms. The van der Waals surface area contributed by atoms with Crippen molar-refractivity contribution in [1.82, 2.24) is 10.2 Å². The van der Waals surface area contributed by atoms with E-state index in [0.717, 1.165) is 22.3 Å². The molecule has 1 aromatic heterocycles. The molecule has 0 bridgehead atoms. The molecule has 5 nitrogen and oxygen atoms in total. The Hall–Kier alpha value is -3.08. The second-order valence-electron chi connectivity index (χ2n) is 6.74. The minimum absolute atomic E-state index is 0.0643. The zero-order valence-corrected chi connectivity index (χ0v) is 15.8. The van der Waals surface area contributed by atoms with Crippen molar-refractivity contribution in [3.63, 3.8) is 0 Å². The van der Waals surface area contributed by atoms with Crippen LogP contribution in [0.3, 0.4) is 0 Å². The number of hydrogen-bond acceptors (Lipinski definition) is 3. The number of nitrogens with one attached hydrogen (secondary N) is 1. The first kappa shape index (κ1) is 18.7. The SMILES string of the molecule is CC(=O)NC(CC(=O)N(C)C(C)c1cc2ccccc2o1)c1ccccc1. The van der Waals surface area contributed by atoms with Crippen molar-refractivity contribution in [3.05, 3.63) is 72.0 Å². The molecule has 0 saturated heterocycles. The summed E-state index contributed by atoms with van der Waals surface area (Å²) in [6.07, 6.45) is 0.185. The van der Waals surface area contributed by atoms with E-state index < -0.39 is 0 Å². The van der Waals surface area contributed by atoms with Crippen molar-refractivity contribution in [3.8, 4) is 0 Å². The number of nitrogens with zero attached hydrogens (tertiary/aromatic N) is 1. The molecule has 0 aliphatic carbocycles. The van der Waals surface area contributed by atoms with Crippen LogP contribution in [0.25, 0.3) is 11.0 Å². The third-order valence-electron chi connectivity index (χ3n) is 4.79. The van der Waals surface area contributed by atoms with E-state index in [1.807, 2.05) is 67.6 Å². The lowest BCUT2D eigenvalue weighted by Gasteiger charge is -2.26. The van der Waals surface area contributed by atoms with E-state index in [9.17, 15) is 9.59 Å². The molecule has 2 atom stereocenters. The second-order valence-corrected chi connectivity index (χ2v) is 6.74. The van der Waals surface area contributed by atoms with Crippen molar-refractivity contribution >= 4 is 22.8 Å². The number of benzene rings is 2. The minimum atomic E-state index is -0.360. The number of amides is 2. The molecule has 2 aromatic carbocycles. The Morgan fingerprint density at radius 3 is 2.41 bits per heavy atom. The molecule has 2 unspecified atom stereocenters. The number of furan rings is 1. The van der Waals surface area contributed by atoms with Crippen LogP contribution in [-0.4, -0.2) is 23.8 Å². The molecule has 0 aliphatic rings. The van der Waals surface area contributed by atoms with Gasteiger partial charge in [-0.2, -0.15) is 0 Å². The highest BCUT2D eigenvalue weighted by Crippen LogP contribution is 2.28. The van der Waals surface area contributed by atoms with Crippen LogP contribution in [0, 0.1) is 0 Å². The standard InChI is InChI=1S/C22H24N2O3/c1-15(21-13-18-11-7-8-12-20(18)27-21)24(3)22(26)14-19(23-16(2)25)17-9-5-4-6-10-17/h4-13,15,19H,14H2,1-3H3,(H,23,25). The van der Waals surface area contributed by atoms with Crippen LogP contribution < -0.4 is 5.32 Å². The van der Waals surface area contributed by atoms with Gasteiger partial charge in [0.25, 0.3) is 0 Å². The van der Waals surface area contributed by atoms with Crippen molar-refractivity contribution in [2.24, 2.45) is 0 Å². The van der Waals surface area contributed by atoms with E-state index in [0.29, 0.717) is 0 Å². The smallest absolute Gasteiger partial charge is 0.225 e. The van der Waals surface area contributed by atoms with Gasteiger partial charge in [-0.3, -0.25) is 9.59 Å². The average Bonchev–Trinajstić information content (AvgIpc) is 3.10. The Bertz CT molecular complexity index is 900. The molecular formula is C22H24N2O3. The van der Waals surface area contributed by atoms with Gasteiger partial charge in [0.1, 0.15) is 11.3 Å². The molecule has 0 aliphatic heterocycles. The third-order valence-corrected chi connectivity index (χ3v) is 4.79. The molecule has 1 N–H and O–H groups in total. The van der Waals surface area contributed by atoms with Gasteiger partial charge in [-0.25, -0.2) is 0 Å². The highest BCUT2D eigenvalue weighted by Gasteiger charge is 2.24. The molecular weight excluding hydrogens is 340 g/mol. The fourth-order valence-corrected chi connectivity index (χ4v) is 3.12. The van der Waals surface area contributed by atoms with Crippen LogP contribution in [-0.2, 0) is 9.59 Å². The number of fused-ring (bicyclic) bond motifs is 1. The summed E-state index contributed by atoms with van der Waals surface area (Å²) in [7, 11) is 1.76. The number of carbonyl (C=O) groups is 2. The lowest BCUT2D eigenvalue weighted by Crippen LogP contribution is -2.35. The predicted molar refractivity (Wildman–Crippen MR) is 105 cm³/mol. The zero-order valence-electron chi connectivity index (χ0n) is 15.8. The summed E-state index contributed by atoms with van der Waals surface area (Å²) >= 11 is 0. The van der Waals surface area contributed by atoms with Gasteiger partial charge in [-0.05, 0) is 24.6 Å². The molecule has 3 rings (SSSR count). The molecule has 5 heteroatoms. The Kier molecular flexibility index (Phi) is 5.60. The third kappa shape index (κ3) is 4.37. The number of hydrogen-bond donors (Lipinski definition) is 1. The lowest BCUT2D eigenvalue weighted by molar-refractivity contribution is -0.133. The normalized spacial score (nSPS) is 13.1. The minimum Gasteiger partial charge on any atom is -0.459 e. The number of carbonyl (C=O) groups excluding carboxylic acids is 2. The Labute approximate surface area is 159 Å². The van der Waals surface area contributed by atoms with Crippen LogP contribution in [0.5, 0.6) is 0 Å². The van der Waals surface area contributed by atoms with Crippen LogP contribution in [0.2, 0.25) is 0 Å². The number of para-hydroxylation sites is 1. The Balaban J connectivity index is 1.75. The summed E-state index contributed by atoms with van der Waals surface area (Å²) in [5.74, 6) is 0.512. The van der Waals surface area contributed by atoms with Gasteiger partial charge in [-0.15, -0.1) is 0 Å². The maximum atomic E-state index is 12.9. The van der Waals surface area contributed by atoms with Gasteiger partial charge in [0.2, 0.25) is 11.8 Å². The summed E-state index contributed by atoms with van der Waals surface area (Å²) in [5.41, 5.74) is 1.71. The molecule has 3 aromatic rings. The molecule has 2 amide bonds. The van der Waals surface area contributed by atoms with Crippen LogP contribution in [0.4, 0.5) is 0 Å². The molecule has 140 valence electrons.